The van der Waals surface area contributed by atoms with E-state index in [0.29, 0.717) is 51.2 Å². The number of fused-ring (bicyclic) bond motifs is 1. The fraction of sp³-hybridized carbons (Fsp3) is 0.595. The van der Waals surface area contributed by atoms with Gasteiger partial charge >= 0.3 is 24.3 Å². The highest BCUT2D eigenvalue weighted by molar-refractivity contribution is 6.33. The molecule has 3 heterocycles. The molecule has 330 valence electrons. The Kier molecular flexibility index (Phi) is 15.9. The first-order valence-electron chi connectivity index (χ1n) is 20.5. The molecule has 0 spiro atoms. The van der Waals surface area contributed by atoms with Crippen LogP contribution in [0.3, 0.4) is 0 Å². The molecule has 5 rings (SSSR count). The molecule has 0 aliphatic carbocycles. The van der Waals surface area contributed by atoms with Crippen LogP contribution in [-0.4, -0.2) is 140 Å². The highest BCUT2D eigenvalue weighted by atomic mass is 35.5. The second kappa shape index (κ2) is 20.7. The van der Waals surface area contributed by atoms with Crippen LogP contribution in [0.5, 0.6) is 0 Å². The van der Waals surface area contributed by atoms with Gasteiger partial charge in [0, 0.05) is 72.0 Å². The van der Waals surface area contributed by atoms with Crippen molar-refractivity contribution in [1.29, 1.82) is 0 Å². The number of benzene rings is 2. The van der Waals surface area contributed by atoms with E-state index in [4.69, 9.17) is 26.8 Å². The normalized spacial score (nSPS) is 17.8. The number of nitrogens with one attached hydrogen (secondary N) is 1. The van der Waals surface area contributed by atoms with Gasteiger partial charge in [-0.25, -0.2) is 9.59 Å². The van der Waals surface area contributed by atoms with E-state index in [1.165, 1.54) is 20.8 Å². The molecule has 2 aromatic carbocycles. The molecule has 14 nitrogen and oxygen atoms in total. The number of anilines is 2. The summed E-state index contributed by atoms with van der Waals surface area (Å²) in [5.74, 6) is -0.695. The molecule has 3 aliphatic rings. The zero-order valence-electron chi connectivity index (χ0n) is 34.8. The van der Waals surface area contributed by atoms with Gasteiger partial charge in [-0.05, 0) is 92.8 Å². The summed E-state index contributed by atoms with van der Waals surface area (Å²) in [6, 6.07) is 9.38. The number of hydrogen-bond acceptors (Lipinski definition) is 9. The Morgan fingerprint density at radius 1 is 1.00 bits per heavy atom. The standard InChI is InChI=1S/C42H57ClF3N7O7/c1-27(29-10-17-51(18-11-29)19-15-37(55)59-26-36(54)49(2)3)9-16-50(4)39(56)35(25-28-23-32(42(44,45)46)38(47)33(43)24-28)60-41(58)52-20-13-31(14-21-52)53-22-12-30-7-5-6-8-34(30)48-40(53)57/h5-8,23-24,27,29,31,35H,9-22,25-26,47H2,1-4H3,(H,48,57)/t27?,35-/m1/s1. The Labute approximate surface area is 354 Å². The van der Waals surface area contributed by atoms with Crippen molar-refractivity contribution in [3.8, 4) is 0 Å². The van der Waals surface area contributed by atoms with E-state index in [-0.39, 0.29) is 67.0 Å². The molecule has 2 aromatic rings. The summed E-state index contributed by atoms with van der Waals surface area (Å²) in [6.07, 6.45) is -3.18. The van der Waals surface area contributed by atoms with Crippen LogP contribution in [0.1, 0.15) is 62.1 Å². The van der Waals surface area contributed by atoms with E-state index in [1.807, 2.05) is 24.3 Å². The molecular formula is C42H57ClF3N7O7. The smallest absolute Gasteiger partial charge is 0.418 e. The summed E-state index contributed by atoms with van der Waals surface area (Å²) in [5.41, 5.74) is 5.74. The number of para-hydroxylation sites is 1. The van der Waals surface area contributed by atoms with Crippen LogP contribution >= 0.6 is 11.6 Å². The van der Waals surface area contributed by atoms with Crippen LogP contribution in [0, 0.1) is 11.8 Å². The van der Waals surface area contributed by atoms with E-state index in [0.717, 1.165) is 43.2 Å². The van der Waals surface area contributed by atoms with Gasteiger partial charge in [0.2, 0.25) is 0 Å². The summed E-state index contributed by atoms with van der Waals surface area (Å²) < 4.78 is 52.6. The van der Waals surface area contributed by atoms with Crippen LogP contribution in [0.4, 0.5) is 34.1 Å². The molecule has 0 bridgehead atoms. The zero-order chi connectivity index (χ0) is 43.7. The van der Waals surface area contributed by atoms with E-state index in [9.17, 15) is 37.1 Å². The Morgan fingerprint density at radius 3 is 2.35 bits per heavy atom. The number of rotatable bonds is 14. The van der Waals surface area contributed by atoms with E-state index < -0.39 is 41.5 Å². The van der Waals surface area contributed by atoms with Crippen LogP contribution in [-0.2, 0) is 42.9 Å². The molecule has 0 saturated carbocycles. The van der Waals surface area contributed by atoms with Gasteiger partial charge < -0.3 is 45.0 Å². The van der Waals surface area contributed by atoms with Crippen molar-refractivity contribution in [1.82, 2.24) is 24.5 Å². The number of carbonyl (C=O) groups is 5. The predicted molar refractivity (Wildman–Crippen MR) is 220 cm³/mol. The van der Waals surface area contributed by atoms with Crippen molar-refractivity contribution >= 4 is 52.9 Å². The Hall–Kier alpha value is -4.77. The maximum absolute atomic E-state index is 14.0. The first kappa shape index (κ1) is 46.3. The van der Waals surface area contributed by atoms with Crippen molar-refractivity contribution < 1.29 is 46.6 Å². The van der Waals surface area contributed by atoms with Gasteiger partial charge in [-0.2, -0.15) is 13.2 Å². The summed E-state index contributed by atoms with van der Waals surface area (Å²) >= 11 is 6.13. The third-order valence-electron chi connectivity index (χ3n) is 12.0. The van der Waals surface area contributed by atoms with Crippen molar-refractivity contribution in [3.63, 3.8) is 0 Å². The maximum Gasteiger partial charge on any atom is 0.418 e. The minimum absolute atomic E-state index is 0.0309. The third-order valence-corrected chi connectivity index (χ3v) is 12.3. The lowest BCUT2D eigenvalue weighted by atomic mass is 9.83. The van der Waals surface area contributed by atoms with Gasteiger partial charge in [-0.3, -0.25) is 14.4 Å². The number of esters is 1. The van der Waals surface area contributed by atoms with Crippen LogP contribution in [0.15, 0.2) is 36.4 Å². The minimum atomic E-state index is -4.81. The first-order valence-corrected chi connectivity index (χ1v) is 20.9. The molecule has 18 heteroatoms. The number of piperidine rings is 2. The highest BCUT2D eigenvalue weighted by Gasteiger charge is 2.37. The molecule has 0 radical (unpaired) electrons. The number of halogens is 4. The average molecular weight is 864 g/mol. The summed E-state index contributed by atoms with van der Waals surface area (Å²) in [4.78, 5) is 72.9. The van der Waals surface area contributed by atoms with Gasteiger partial charge in [-0.15, -0.1) is 0 Å². The molecule has 3 aliphatic heterocycles. The van der Waals surface area contributed by atoms with Crippen molar-refractivity contribution in [3.05, 3.63) is 58.1 Å². The minimum Gasteiger partial charge on any atom is -0.456 e. The third kappa shape index (κ3) is 12.4. The lowest BCUT2D eigenvalue weighted by Crippen LogP contribution is -2.51. The van der Waals surface area contributed by atoms with Gasteiger partial charge in [0.25, 0.3) is 11.8 Å². The Balaban J connectivity index is 1.16. The van der Waals surface area contributed by atoms with Crippen LogP contribution in [0.2, 0.25) is 5.02 Å². The maximum atomic E-state index is 14.0. The number of urea groups is 1. The number of nitrogens with two attached hydrogens (primary N) is 1. The van der Waals surface area contributed by atoms with Gasteiger partial charge in [-0.1, -0.05) is 36.7 Å². The molecule has 3 N–H and O–H groups in total. The summed E-state index contributed by atoms with van der Waals surface area (Å²) in [6.45, 7) is 5.26. The second-order valence-electron chi connectivity index (χ2n) is 16.3. The molecule has 2 fully saturated rings. The van der Waals surface area contributed by atoms with Crippen molar-refractivity contribution in [2.75, 3.05) is 84.6 Å². The number of carbonyl (C=O) groups excluding carboxylic acids is 5. The number of alkyl halides is 3. The van der Waals surface area contributed by atoms with E-state index in [1.54, 1.807) is 26.0 Å². The monoisotopic (exact) mass is 863 g/mol. The summed E-state index contributed by atoms with van der Waals surface area (Å²) in [7, 11) is 4.77. The fourth-order valence-electron chi connectivity index (χ4n) is 8.04. The molecule has 0 aromatic heterocycles. The highest BCUT2D eigenvalue weighted by Crippen LogP contribution is 2.38. The van der Waals surface area contributed by atoms with Gasteiger partial charge in [0.15, 0.2) is 12.7 Å². The van der Waals surface area contributed by atoms with Crippen molar-refractivity contribution in [2.45, 2.75) is 76.6 Å². The molecule has 1 unspecified atom stereocenters. The Morgan fingerprint density at radius 2 is 1.68 bits per heavy atom. The number of nitrogen functional groups attached to an aromatic ring is 1. The van der Waals surface area contributed by atoms with Crippen molar-refractivity contribution in [2.24, 2.45) is 11.8 Å². The van der Waals surface area contributed by atoms with E-state index >= 15 is 0 Å². The first-order chi connectivity index (χ1) is 28.4. The fourth-order valence-corrected chi connectivity index (χ4v) is 8.28. The van der Waals surface area contributed by atoms with Gasteiger partial charge in [0.05, 0.1) is 22.7 Å². The van der Waals surface area contributed by atoms with Gasteiger partial charge in [0.1, 0.15) is 0 Å². The average Bonchev–Trinajstić information content (AvgIpc) is 3.39. The second-order valence-corrected chi connectivity index (χ2v) is 16.7. The van der Waals surface area contributed by atoms with E-state index in [2.05, 4.69) is 17.1 Å². The molecule has 2 atom stereocenters. The molecule has 60 heavy (non-hydrogen) atoms. The zero-order valence-corrected chi connectivity index (χ0v) is 35.5. The topological polar surface area (TPSA) is 158 Å². The van der Waals surface area contributed by atoms with Crippen LogP contribution in [0.25, 0.3) is 0 Å². The number of likely N-dealkylation sites (N-methyl/N-ethyl adjacent to an activating group) is 2. The number of amides is 5. The number of likely N-dealkylation sites (tertiary alicyclic amines) is 2. The number of nitrogens with zero attached hydrogens (tertiary/aromatic N) is 5. The number of hydrogen-bond donors (Lipinski definition) is 2. The number of ether oxygens (including phenoxy) is 2. The molecule has 2 saturated heterocycles. The SMILES string of the molecule is CC(CCN(C)C(=O)[C@@H](Cc1cc(Cl)c(N)c(C(F)(F)F)c1)OC(=O)N1CCC(N2CCc3ccccc3NC2=O)CC1)C1CCN(CCC(=O)OCC(=O)N(C)C)CC1. The summed E-state index contributed by atoms with van der Waals surface area (Å²) in [5, 5.41) is 2.65. The molecular weight excluding hydrogens is 807 g/mol. The van der Waals surface area contributed by atoms with Crippen LogP contribution < -0.4 is 11.1 Å². The Bertz CT molecular complexity index is 1850. The lowest BCUT2D eigenvalue weighted by Gasteiger charge is -2.38. The quantitative estimate of drug-likeness (QED) is 0.178. The molecule has 5 amide bonds. The largest absolute Gasteiger partial charge is 0.456 e. The lowest BCUT2D eigenvalue weighted by molar-refractivity contribution is -0.151. The predicted octanol–water partition coefficient (Wildman–Crippen LogP) is 5.76.